The average Bonchev–Trinajstić information content (AvgIpc) is 2.46. The van der Waals surface area contributed by atoms with Gasteiger partial charge in [0.1, 0.15) is 5.15 Å². The molecule has 2 aromatic rings. The Morgan fingerprint density at radius 2 is 1.88 bits per heavy atom. The molecular weight excluding hydrogens is 406 g/mol. The summed E-state index contributed by atoms with van der Waals surface area (Å²) in [5.41, 5.74) is 0.436. The van der Waals surface area contributed by atoms with Crippen LogP contribution in [0.4, 0.5) is 0 Å². The number of aromatic nitrogens is 1. The van der Waals surface area contributed by atoms with Gasteiger partial charge in [0.05, 0.1) is 10.4 Å². The molecule has 24 heavy (non-hydrogen) atoms. The van der Waals surface area contributed by atoms with Gasteiger partial charge in [0, 0.05) is 22.7 Å². The zero-order chi connectivity index (χ0) is 17.0. The Kier molecular flexibility index (Phi) is 8.22. The van der Waals surface area contributed by atoms with Gasteiger partial charge in [0.25, 0.3) is 10.0 Å². The third-order valence-electron chi connectivity index (χ3n) is 2.55. The van der Waals surface area contributed by atoms with E-state index < -0.39 is 15.9 Å². The van der Waals surface area contributed by atoms with E-state index in [2.05, 4.69) is 9.38 Å². The molecule has 0 spiro atoms. The van der Waals surface area contributed by atoms with Crippen LogP contribution < -0.4 is 34.7 Å². The van der Waals surface area contributed by atoms with Crippen molar-refractivity contribution in [2.45, 2.75) is 0 Å². The normalized spacial score (nSPS) is 12.2. The maximum atomic E-state index is 11.9. The minimum atomic E-state index is -4.12. The van der Waals surface area contributed by atoms with Gasteiger partial charge in [-0.1, -0.05) is 46.9 Å². The number of rotatable bonds is 4. The minimum absolute atomic E-state index is 0. The van der Waals surface area contributed by atoms with Gasteiger partial charge in [0.15, 0.2) is 0 Å². The topological polar surface area (TPSA) is 82.5 Å². The number of hydrogen-bond donors (Lipinski definition) is 0. The molecule has 120 valence electrons. The Labute approximate surface area is 176 Å². The molecule has 2 rings (SSSR count). The smallest absolute Gasteiger partial charge is 0.858 e. The molecule has 1 heterocycles. The molecule has 0 bridgehead atoms. The van der Waals surface area contributed by atoms with E-state index in [0.717, 1.165) is 5.41 Å². The molecular formula is C14H8Cl3N2NaO3S. The molecule has 0 aliphatic rings. The summed E-state index contributed by atoms with van der Waals surface area (Å²) in [6.07, 6.45) is 2.63. The molecule has 1 aromatic carbocycles. The molecule has 0 saturated carbocycles. The fraction of sp³-hybridized carbons (Fsp3) is 0. The predicted molar refractivity (Wildman–Crippen MR) is 90.2 cm³/mol. The van der Waals surface area contributed by atoms with Crippen LogP contribution in [0.25, 0.3) is 6.08 Å². The number of nitrogens with zero attached hydrogens (tertiary/aromatic N) is 2. The van der Waals surface area contributed by atoms with Crippen molar-refractivity contribution in [1.29, 1.82) is 0 Å². The summed E-state index contributed by atoms with van der Waals surface area (Å²) < 4.78 is 26.9. The summed E-state index contributed by atoms with van der Waals surface area (Å²) in [5, 5.41) is 13.3. The van der Waals surface area contributed by atoms with E-state index in [1.165, 1.54) is 36.5 Å². The van der Waals surface area contributed by atoms with Crippen molar-refractivity contribution in [3.8, 4) is 0 Å². The quantitative estimate of drug-likeness (QED) is 0.309. The van der Waals surface area contributed by atoms with Gasteiger partial charge in [-0.3, -0.25) is 0 Å². The molecule has 0 unspecified atom stereocenters. The van der Waals surface area contributed by atoms with Gasteiger partial charge >= 0.3 is 29.6 Å². The van der Waals surface area contributed by atoms with Crippen LogP contribution in [0.1, 0.15) is 11.1 Å². The fourth-order valence-corrected chi connectivity index (χ4v) is 2.83. The monoisotopic (exact) mass is 412 g/mol. The largest absolute Gasteiger partial charge is 1.00 e. The average molecular weight is 414 g/mol. The molecule has 5 nitrogen and oxygen atoms in total. The van der Waals surface area contributed by atoms with Crippen LogP contribution in [0.5, 0.6) is 0 Å². The molecule has 0 saturated heterocycles. The van der Waals surface area contributed by atoms with Crippen molar-refractivity contribution in [3.05, 3.63) is 68.3 Å². The maximum Gasteiger partial charge on any atom is 1.00 e. The second kappa shape index (κ2) is 9.20. The second-order valence-corrected chi connectivity index (χ2v) is 6.97. The van der Waals surface area contributed by atoms with Crippen LogP contribution in [0, 0.1) is 0 Å². The van der Waals surface area contributed by atoms with Gasteiger partial charge in [-0.15, -0.1) is 0 Å². The van der Waals surface area contributed by atoms with E-state index >= 15 is 0 Å². The van der Waals surface area contributed by atoms with Crippen molar-refractivity contribution in [2.24, 2.45) is 4.40 Å². The second-order valence-electron chi connectivity index (χ2n) is 4.25. The molecule has 0 fully saturated rings. The summed E-state index contributed by atoms with van der Waals surface area (Å²) >= 11 is 17.2. The minimum Gasteiger partial charge on any atom is -0.858 e. The Hall–Kier alpha value is -0.600. The van der Waals surface area contributed by atoms with Gasteiger partial charge in [0.2, 0.25) is 0 Å². The van der Waals surface area contributed by atoms with Gasteiger partial charge in [-0.2, -0.15) is 12.8 Å². The number of hydrogen-bond acceptors (Lipinski definition) is 4. The third-order valence-corrected chi connectivity index (χ3v) is 4.23. The van der Waals surface area contributed by atoms with Gasteiger partial charge in [-0.25, -0.2) is 4.98 Å². The van der Waals surface area contributed by atoms with Crippen LogP contribution in [0.15, 0.2) is 46.3 Å². The first-order chi connectivity index (χ1) is 10.8. The van der Waals surface area contributed by atoms with Crippen LogP contribution in [0.2, 0.25) is 15.2 Å². The van der Waals surface area contributed by atoms with Crippen LogP contribution in [0.3, 0.4) is 0 Å². The first-order valence-electron chi connectivity index (χ1n) is 6.04. The molecule has 0 aliphatic carbocycles. The SMILES string of the molecule is O=S(=O)(/C=C/c1ccc(Cl)nc1)/N=C(\[O-])c1ccc(Cl)cc1Cl.[Na+]. The third kappa shape index (κ3) is 6.37. The molecule has 0 N–H and O–H groups in total. The van der Waals surface area contributed by atoms with Crippen LogP contribution >= 0.6 is 34.8 Å². The van der Waals surface area contributed by atoms with Crippen LogP contribution in [-0.4, -0.2) is 19.3 Å². The molecule has 0 radical (unpaired) electrons. The van der Waals surface area contributed by atoms with Crippen molar-refractivity contribution in [3.63, 3.8) is 0 Å². The summed E-state index contributed by atoms with van der Waals surface area (Å²) in [6, 6.07) is 7.12. The first-order valence-corrected chi connectivity index (χ1v) is 8.67. The molecule has 0 aliphatic heterocycles. The van der Waals surface area contributed by atoms with E-state index in [0.29, 0.717) is 10.6 Å². The Morgan fingerprint density at radius 3 is 2.46 bits per heavy atom. The van der Waals surface area contributed by atoms with E-state index in [-0.39, 0.29) is 45.3 Å². The molecule has 0 amide bonds. The maximum absolute atomic E-state index is 11.9. The number of halogens is 3. The van der Waals surface area contributed by atoms with E-state index in [9.17, 15) is 13.5 Å². The van der Waals surface area contributed by atoms with Crippen molar-refractivity contribution >= 4 is 56.8 Å². The molecule has 1 aromatic heterocycles. The first kappa shape index (κ1) is 21.4. The van der Waals surface area contributed by atoms with E-state index in [1.807, 2.05) is 0 Å². The summed E-state index contributed by atoms with van der Waals surface area (Å²) in [4.78, 5) is 3.80. The summed E-state index contributed by atoms with van der Waals surface area (Å²) in [5.74, 6) is -0.981. The Morgan fingerprint density at radius 1 is 1.17 bits per heavy atom. The Bertz CT molecular complexity index is 885. The zero-order valence-electron chi connectivity index (χ0n) is 12.3. The van der Waals surface area contributed by atoms with Gasteiger partial charge in [-0.05, 0) is 29.8 Å². The molecule has 0 atom stereocenters. The van der Waals surface area contributed by atoms with Crippen LogP contribution in [-0.2, 0) is 10.0 Å². The molecule has 10 heteroatoms. The van der Waals surface area contributed by atoms with Crippen molar-refractivity contribution in [2.75, 3.05) is 0 Å². The number of pyridine rings is 1. The van der Waals surface area contributed by atoms with Gasteiger partial charge < -0.3 is 5.11 Å². The Balaban J connectivity index is 0.00000288. The standard InChI is InChI=1S/C14H9Cl3N2O3S.Na/c15-10-2-3-11(12(16)7-10)14(20)19-23(21,22)6-5-9-1-4-13(17)18-8-9;/h1-8H,(H,19,20);/q;+1/p-1/b6-5+;. The summed E-state index contributed by atoms with van der Waals surface area (Å²) in [6.45, 7) is 0. The summed E-state index contributed by atoms with van der Waals surface area (Å²) in [7, 11) is -4.12. The number of sulfonamides is 1. The zero-order valence-corrected chi connectivity index (χ0v) is 17.4. The number of benzene rings is 1. The predicted octanol–water partition coefficient (Wildman–Crippen LogP) is 0.153. The van der Waals surface area contributed by atoms with E-state index in [1.54, 1.807) is 6.07 Å². The van der Waals surface area contributed by atoms with Crippen molar-refractivity contribution in [1.82, 2.24) is 4.98 Å². The fourth-order valence-electron chi connectivity index (χ4n) is 1.51. The van der Waals surface area contributed by atoms with E-state index in [4.69, 9.17) is 34.8 Å². The van der Waals surface area contributed by atoms with Crippen molar-refractivity contribution < 1.29 is 43.1 Å².